The summed E-state index contributed by atoms with van der Waals surface area (Å²) >= 11 is 1.48. The number of para-hydroxylation sites is 1. The molecule has 2 aromatic carbocycles. The Hall–Kier alpha value is -2.99. The van der Waals surface area contributed by atoms with Crippen molar-refractivity contribution >= 4 is 17.5 Å². The fourth-order valence-electron chi connectivity index (χ4n) is 3.22. The smallest absolute Gasteiger partial charge is 0.210 e. The minimum absolute atomic E-state index is 0.365. The normalized spacial score (nSPS) is 14.4. The third-order valence-electron chi connectivity index (χ3n) is 4.65. The summed E-state index contributed by atoms with van der Waals surface area (Å²) < 4.78 is 6.71. The molecule has 3 heterocycles. The highest BCUT2D eigenvalue weighted by molar-refractivity contribution is 7.09. The van der Waals surface area contributed by atoms with E-state index in [-0.39, 0.29) is 0 Å². The Morgan fingerprint density at radius 1 is 0.923 bits per heavy atom. The van der Waals surface area contributed by atoms with Crippen LogP contribution in [0.15, 0.2) is 73.1 Å². The van der Waals surface area contributed by atoms with Gasteiger partial charge >= 0.3 is 0 Å². The van der Waals surface area contributed by atoms with E-state index in [1.165, 1.54) is 11.5 Å². The summed E-state index contributed by atoms with van der Waals surface area (Å²) in [6.45, 7) is 1.80. The molecule has 1 saturated heterocycles. The summed E-state index contributed by atoms with van der Waals surface area (Å²) in [5.41, 5.74) is 2.26. The van der Waals surface area contributed by atoms with E-state index in [9.17, 15) is 0 Å². The molecule has 0 radical (unpaired) electrons. The molecule has 0 amide bonds. The quantitative estimate of drug-likeness (QED) is 0.553. The molecule has 6 heteroatoms. The first-order valence-electron chi connectivity index (χ1n) is 8.61. The monoisotopic (exact) mass is 359 g/mol. The van der Waals surface area contributed by atoms with Crippen LogP contribution in [-0.4, -0.2) is 32.0 Å². The number of rotatable bonds is 4. The van der Waals surface area contributed by atoms with Crippen LogP contribution >= 0.6 is 11.5 Å². The molecular formula is C20H17N5S. The number of anilines is 1. The van der Waals surface area contributed by atoms with Crippen molar-refractivity contribution in [3.05, 3.63) is 78.9 Å². The topological polar surface area (TPSA) is 46.8 Å². The zero-order valence-corrected chi connectivity index (χ0v) is 14.9. The van der Waals surface area contributed by atoms with Gasteiger partial charge in [0.05, 0.1) is 5.92 Å². The first kappa shape index (κ1) is 15.3. The molecule has 1 aliphatic rings. The molecule has 2 aromatic heterocycles. The Kier molecular flexibility index (Phi) is 3.75. The van der Waals surface area contributed by atoms with Crippen LogP contribution in [0.3, 0.4) is 0 Å². The summed E-state index contributed by atoms with van der Waals surface area (Å²) in [7, 11) is 0. The van der Waals surface area contributed by atoms with Gasteiger partial charge in [0.1, 0.15) is 10.8 Å². The molecule has 1 fully saturated rings. The summed E-state index contributed by atoms with van der Waals surface area (Å²) in [6, 6.07) is 20.5. The Morgan fingerprint density at radius 3 is 2.42 bits per heavy atom. The summed E-state index contributed by atoms with van der Waals surface area (Å²) in [4.78, 5) is 11.6. The average Bonchev–Trinajstić information content (AvgIpc) is 3.32. The molecule has 1 aliphatic heterocycles. The van der Waals surface area contributed by atoms with Crippen LogP contribution in [-0.2, 0) is 0 Å². The highest BCUT2D eigenvalue weighted by atomic mass is 32.1. The predicted octanol–water partition coefficient (Wildman–Crippen LogP) is 3.99. The zero-order chi connectivity index (χ0) is 17.3. The summed E-state index contributed by atoms with van der Waals surface area (Å²) in [5.74, 6) is 2.29. The largest absolute Gasteiger partial charge is 0.340 e. The van der Waals surface area contributed by atoms with Crippen LogP contribution in [0.4, 0.5) is 5.95 Å². The Labute approximate surface area is 155 Å². The van der Waals surface area contributed by atoms with E-state index in [0.717, 1.165) is 41.1 Å². The third kappa shape index (κ3) is 2.68. The van der Waals surface area contributed by atoms with Crippen molar-refractivity contribution in [3.63, 3.8) is 0 Å². The van der Waals surface area contributed by atoms with Crippen molar-refractivity contribution in [2.75, 3.05) is 18.0 Å². The van der Waals surface area contributed by atoms with E-state index in [1.54, 1.807) is 0 Å². The highest BCUT2D eigenvalue weighted by Crippen LogP contribution is 2.32. The third-order valence-corrected chi connectivity index (χ3v) is 5.43. The van der Waals surface area contributed by atoms with Gasteiger partial charge in [-0.25, -0.2) is 9.97 Å². The molecule has 0 aliphatic carbocycles. The van der Waals surface area contributed by atoms with Gasteiger partial charge in [0, 0.05) is 36.7 Å². The van der Waals surface area contributed by atoms with Gasteiger partial charge in [-0.15, -0.1) is 0 Å². The summed E-state index contributed by atoms with van der Waals surface area (Å²) in [5, 5.41) is 0.991. The number of nitrogens with zero attached hydrogens (tertiary/aromatic N) is 5. The number of hydrogen-bond acceptors (Lipinski definition) is 5. The Bertz CT molecular complexity index is 1000. The second-order valence-electron chi connectivity index (χ2n) is 6.36. The van der Waals surface area contributed by atoms with Gasteiger partial charge in [-0.2, -0.15) is 4.37 Å². The van der Waals surface area contributed by atoms with E-state index in [0.29, 0.717) is 5.92 Å². The molecule has 4 aromatic rings. The van der Waals surface area contributed by atoms with Crippen LogP contribution in [0.2, 0.25) is 0 Å². The maximum atomic E-state index is 4.75. The zero-order valence-electron chi connectivity index (χ0n) is 14.1. The highest BCUT2D eigenvalue weighted by Gasteiger charge is 2.33. The molecule has 0 atom stereocenters. The lowest BCUT2D eigenvalue weighted by Crippen LogP contribution is -2.46. The van der Waals surface area contributed by atoms with Crippen LogP contribution in [0.5, 0.6) is 0 Å². The molecule has 5 nitrogen and oxygen atoms in total. The van der Waals surface area contributed by atoms with Gasteiger partial charge in [0.2, 0.25) is 5.95 Å². The molecule has 26 heavy (non-hydrogen) atoms. The molecule has 0 bridgehead atoms. The maximum Gasteiger partial charge on any atom is 0.210 e. The van der Waals surface area contributed by atoms with Crippen LogP contribution in [0.1, 0.15) is 11.7 Å². The molecule has 0 saturated carbocycles. The Balaban J connectivity index is 1.32. The number of hydrogen-bond donors (Lipinski definition) is 0. The van der Waals surface area contributed by atoms with Gasteiger partial charge in [-0.1, -0.05) is 48.5 Å². The van der Waals surface area contributed by atoms with Crippen LogP contribution in [0, 0.1) is 0 Å². The van der Waals surface area contributed by atoms with Gasteiger partial charge in [-0.05, 0) is 23.7 Å². The maximum absolute atomic E-state index is 4.75. The Morgan fingerprint density at radius 2 is 1.65 bits per heavy atom. The second-order valence-corrected chi connectivity index (χ2v) is 7.11. The van der Waals surface area contributed by atoms with Crippen molar-refractivity contribution in [1.82, 2.24) is 18.9 Å². The lowest BCUT2D eigenvalue weighted by Gasteiger charge is -2.38. The van der Waals surface area contributed by atoms with Crippen molar-refractivity contribution < 1.29 is 0 Å². The molecule has 128 valence electrons. The number of imidazole rings is 1. The average molecular weight is 359 g/mol. The van der Waals surface area contributed by atoms with Gasteiger partial charge in [-0.3, -0.25) is 4.57 Å². The van der Waals surface area contributed by atoms with Crippen molar-refractivity contribution in [2.45, 2.75) is 5.92 Å². The van der Waals surface area contributed by atoms with Crippen molar-refractivity contribution in [3.8, 4) is 16.3 Å². The molecule has 0 spiro atoms. The van der Waals surface area contributed by atoms with Crippen molar-refractivity contribution in [1.29, 1.82) is 0 Å². The van der Waals surface area contributed by atoms with Crippen LogP contribution in [0.25, 0.3) is 16.3 Å². The van der Waals surface area contributed by atoms with Gasteiger partial charge < -0.3 is 4.90 Å². The first-order valence-corrected chi connectivity index (χ1v) is 9.38. The first-order chi connectivity index (χ1) is 12.9. The lowest BCUT2D eigenvalue weighted by atomic mass is 10.00. The van der Waals surface area contributed by atoms with Crippen LogP contribution < -0.4 is 4.90 Å². The second kappa shape index (κ2) is 6.38. The molecule has 0 N–H and O–H groups in total. The van der Waals surface area contributed by atoms with Gasteiger partial charge in [0.15, 0.2) is 0 Å². The van der Waals surface area contributed by atoms with E-state index < -0.39 is 0 Å². The van der Waals surface area contributed by atoms with E-state index in [1.807, 2.05) is 48.8 Å². The minimum atomic E-state index is 0.365. The van der Waals surface area contributed by atoms with E-state index >= 15 is 0 Å². The standard InChI is InChI=1S/C20H17N5S/c1-3-7-15(8-4-1)19-22-18(23-26-19)16-13-24(14-16)20-21-11-12-25(20)17-9-5-2-6-10-17/h1-12,16H,13-14H2. The fourth-order valence-corrected chi connectivity index (χ4v) is 3.97. The molecular weight excluding hydrogens is 342 g/mol. The predicted molar refractivity (Wildman–Crippen MR) is 104 cm³/mol. The van der Waals surface area contributed by atoms with Crippen molar-refractivity contribution in [2.24, 2.45) is 0 Å². The number of benzene rings is 2. The summed E-state index contributed by atoms with van der Waals surface area (Å²) in [6.07, 6.45) is 3.86. The van der Waals surface area contributed by atoms with E-state index in [4.69, 9.17) is 4.98 Å². The minimum Gasteiger partial charge on any atom is -0.340 e. The fraction of sp³-hybridized carbons (Fsp3) is 0.150. The van der Waals surface area contributed by atoms with Gasteiger partial charge in [0.25, 0.3) is 0 Å². The molecule has 5 rings (SSSR count). The van der Waals surface area contributed by atoms with E-state index in [2.05, 4.69) is 43.1 Å². The lowest BCUT2D eigenvalue weighted by molar-refractivity contribution is 0.494. The molecule has 0 unspecified atom stereocenters. The number of aromatic nitrogens is 4. The SMILES string of the molecule is c1ccc(-c2nc(C3CN(c4nccn4-c4ccccc4)C3)ns2)cc1.